The van der Waals surface area contributed by atoms with E-state index in [1.807, 2.05) is 41.3 Å². The molecule has 2 aliphatic heterocycles. The molecule has 168 valence electrons. The van der Waals surface area contributed by atoms with Gasteiger partial charge in [-0.3, -0.25) is 9.59 Å². The lowest BCUT2D eigenvalue weighted by Crippen LogP contribution is -2.33. The Balaban J connectivity index is 1.43. The van der Waals surface area contributed by atoms with Crippen molar-refractivity contribution in [3.8, 4) is 11.6 Å². The Morgan fingerprint density at radius 3 is 2.91 bits per heavy atom. The van der Waals surface area contributed by atoms with Gasteiger partial charge in [-0.15, -0.1) is 0 Å². The first kappa shape index (κ1) is 20.7. The predicted octanol–water partition coefficient (Wildman–Crippen LogP) is 1.90. The normalized spacial score (nSPS) is 13.8. The average Bonchev–Trinajstić information content (AvgIpc) is 3.47. The van der Waals surface area contributed by atoms with Gasteiger partial charge in [0.25, 0.3) is 5.91 Å². The number of para-hydroxylation sites is 1. The first-order valence-corrected chi connectivity index (χ1v) is 10.7. The van der Waals surface area contributed by atoms with Crippen LogP contribution in [0.25, 0.3) is 0 Å². The summed E-state index contributed by atoms with van der Waals surface area (Å²) in [5.41, 5.74) is 9.61. The van der Waals surface area contributed by atoms with Crippen LogP contribution in [-0.2, 0) is 24.2 Å². The Morgan fingerprint density at radius 1 is 1.15 bits per heavy atom. The van der Waals surface area contributed by atoms with Crippen LogP contribution in [-0.4, -0.2) is 41.5 Å². The fourth-order valence-corrected chi connectivity index (χ4v) is 4.04. The third kappa shape index (κ3) is 4.30. The molecule has 3 aromatic rings. The number of ether oxygens (including phenoxy) is 2. The van der Waals surface area contributed by atoms with Crippen molar-refractivity contribution < 1.29 is 19.1 Å². The van der Waals surface area contributed by atoms with Crippen molar-refractivity contribution in [3.63, 3.8) is 0 Å². The maximum Gasteiger partial charge on any atom is 0.258 e. The number of amides is 2. The van der Waals surface area contributed by atoms with Gasteiger partial charge in [0.2, 0.25) is 17.7 Å². The van der Waals surface area contributed by atoms with Crippen molar-refractivity contribution in [1.29, 1.82) is 0 Å². The number of carbonyl (C=O) groups is 2. The molecule has 0 bridgehead atoms. The molecule has 0 atom stereocenters. The number of nitrogens with zero attached hydrogens (tertiary/aromatic N) is 3. The molecule has 0 fully saturated rings. The number of benzene rings is 2. The van der Waals surface area contributed by atoms with E-state index < -0.39 is 11.8 Å². The van der Waals surface area contributed by atoms with Crippen LogP contribution in [0.3, 0.4) is 0 Å². The summed E-state index contributed by atoms with van der Waals surface area (Å²) in [6.07, 6.45) is 3.16. The predicted molar refractivity (Wildman–Crippen MR) is 121 cm³/mol. The number of hydrogen-bond acceptors (Lipinski definition) is 7. The fourth-order valence-electron chi connectivity index (χ4n) is 4.04. The second-order valence-corrected chi connectivity index (χ2v) is 7.90. The minimum absolute atomic E-state index is 0.136. The minimum atomic E-state index is -0.641. The van der Waals surface area contributed by atoms with E-state index in [-0.39, 0.29) is 24.6 Å². The molecule has 0 unspecified atom stereocenters. The van der Waals surface area contributed by atoms with E-state index in [4.69, 9.17) is 15.2 Å². The van der Waals surface area contributed by atoms with Gasteiger partial charge in [-0.25, -0.2) is 4.98 Å². The van der Waals surface area contributed by atoms with Gasteiger partial charge < -0.3 is 25.4 Å². The molecule has 0 spiro atoms. The number of fused-ring (bicyclic) bond motifs is 2. The van der Waals surface area contributed by atoms with Crippen molar-refractivity contribution in [2.45, 2.75) is 19.4 Å². The van der Waals surface area contributed by atoms with Gasteiger partial charge in [-0.1, -0.05) is 24.3 Å². The van der Waals surface area contributed by atoms with Crippen molar-refractivity contribution in [1.82, 2.24) is 15.3 Å². The van der Waals surface area contributed by atoms with Gasteiger partial charge in [0.05, 0.1) is 13.2 Å². The summed E-state index contributed by atoms with van der Waals surface area (Å²) in [4.78, 5) is 34.7. The van der Waals surface area contributed by atoms with Crippen LogP contribution in [0.2, 0.25) is 0 Å². The molecule has 0 radical (unpaired) electrons. The number of primary amides is 1. The largest absolute Gasteiger partial charge is 0.493 e. The molecule has 0 aliphatic carbocycles. The van der Waals surface area contributed by atoms with E-state index in [1.54, 1.807) is 0 Å². The number of anilines is 2. The van der Waals surface area contributed by atoms with Crippen molar-refractivity contribution in [2.75, 3.05) is 24.6 Å². The van der Waals surface area contributed by atoms with Crippen molar-refractivity contribution in [3.05, 3.63) is 70.9 Å². The molecule has 2 aromatic carbocycles. The number of aromatic nitrogens is 2. The lowest BCUT2D eigenvalue weighted by Gasteiger charge is -2.19. The van der Waals surface area contributed by atoms with E-state index in [9.17, 15) is 9.59 Å². The third-order valence-corrected chi connectivity index (χ3v) is 5.67. The van der Waals surface area contributed by atoms with E-state index in [0.717, 1.165) is 42.0 Å². The zero-order valence-corrected chi connectivity index (χ0v) is 17.9. The highest BCUT2D eigenvalue weighted by Gasteiger charge is 2.25. The molecule has 1 aromatic heterocycles. The lowest BCUT2D eigenvalue weighted by atomic mass is 10.1. The summed E-state index contributed by atoms with van der Waals surface area (Å²) in [5, 5.41) is 2.47. The number of nitrogens with two attached hydrogens (primary N) is 1. The summed E-state index contributed by atoms with van der Waals surface area (Å²) >= 11 is 0. The van der Waals surface area contributed by atoms with Crippen molar-refractivity contribution >= 4 is 23.5 Å². The van der Waals surface area contributed by atoms with E-state index in [0.29, 0.717) is 12.6 Å². The van der Waals surface area contributed by atoms with Gasteiger partial charge in [0, 0.05) is 24.8 Å². The molecule has 2 amide bonds. The summed E-state index contributed by atoms with van der Waals surface area (Å²) in [6, 6.07) is 14.0. The molecule has 33 heavy (non-hydrogen) atoms. The molecule has 2 aliphatic rings. The zero-order chi connectivity index (χ0) is 22.8. The zero-order valence-electron chi connectivity index (χ0n) is 17.9. The molecule has 9 nitrogen and oxygen atoms in total. The number of nitrogens with one attached hydrogen (secondary N) is 1. The Labute approximate surface area is 190 Å². The second kappa shape index (κ2) is 8.78. The standard InChI is InChI=1S/C24H23N5O4/c25-21(30)13-26-22(31)18-12-27-24(29-9-7-16-3-1-2-4-19(16)29)28-23(18)33-14-15-5-6-20-17(11-15)8-10-32-20/h1-6,11-12H,7-10,13-14H2,(H2,25,30)(H,26,31). The van der Waals surface area contributed by atoms with E-state index in [2.05, 4.69) is 21.4 Å². The number of carbonyl (C=O) groups excluding carboxylic acids is 2. The molecule has 0 saturated carbocycles. The average molecular weight is 445 g/mol. The smallest absolute Gasteiger partial charge is 0.258 e. The van der Waals surface area contributed by atoms with Crippen LogP contribution < -0.4 is 25.4 Å². The molecular weight excluding hydrogens is 422 g/mol. The second-order valence-electron chi connectivity index (χ2n) is 7.90. The first-order valence-electron chi connectivity index (χ1n) is 10.7. The van der Waals surface area contributed by atoms with Gasteiger partial charge in [-0.2, -0.15) is 4.98 Å². The Morgan fingerprint density at radius 2 is 2.03 bits per heavy atom. The maximum atomic E-state index is 12.7. The highest BCUT2D eigenvalue weighted by atomic mass is 16.5. The summed E-state index contributed by atoms with van der Waals surface area (Å²) in [5.74, 6) is 0.311. The van der Waals surface area contributed by atoms with E-state index >= 15 is 0 Å². The van der Waals surface area contributed by atoms with Crippen LogP contribution in [0.1, 0.15) is 27.0 Å². The van der Waals surface area contributed by atoms with Crippen LogP contribution >= 0.6 is 0 Å². The summed E-state index contributed by atoms with van der Waals surface area (Å²) in [6.45, 7) is 1.34. The molecule has 5 rings (SSSR count). The van der Waals surface area contributed by atoms with Gasteiger partial charge in [-0.05, 0) is 41.3 Å². The lowest BCUT2D eigenvalue weighted by molar-refractivity contribution is -0.117. The topological polar surface area (TPSA) is 120 Å². The SMILES string of the molecule is NC(=O)CNC(=O)c1cnc(N2CCc3ccccc32)nc1OCc1ccc2c(c1)CCO2. The Kier molecular flexibility index (Phi) is 5.52. The Hall–Kier alpha value is -4.14. The third-order valence-electron chi connectivity index (χ3n) is 5.67. The molecular formula is C24H23N5O4. The highest BCUT2D eigenvalue weighted by Crippen LogP contribution is 2.33. The van der Waals surface area contributed by atoms with Crippen LogP contribution in [0.4, 0.5) is 11.6 Å². The van der Waals surface area contributed by atoms with Crippen LogP contribution in [0.5, 0.6) is 11.6 Å². The van der Waals surface area contributed by atoms with E-state index in [1.165, 1.54) is 11.8 Å². The molecule has 3 heterocycles. The quantitative estimate of drug-likeness (QED) is 0.570. The summed E-state index contributed by atoms with van der Waals surface area (Å²) in [7, 11) is 0. The van der Waals surface area contributed by atoms with Crippen LogP contribution in [0.15, 0.2) is 48.7 Å². The number of hydrogen-bond donors (Lipinski definition) is 2. The highest BCUT2D eigenvalue weighted by molar-refractivity contribution is 5.98. The van der Waals surface area contributed by atoms with Gasteiger partial charge >= 0.3 is 0 Å². The minimum Gasteiger partial charge on any atom is -0.493 e. The number of rotatable bonds is 7. The Bertz CT molecular complexity index is 1230. The monoisotopic (exact) mass is 445 g/mol. The molecule has 0 saturated heterocycles. The first-order chi connectivity index (χ1) is 16.1. The molecule has 3 N–H and O–H groups in total. The fraction of sp³-hybridized carbons (Fsp3) is 0.250. The molecule has 9 heteroatoms. The van der Waals surface area contributed by atoms with Crippen LogP contribution in [0, 0.1) is 0 Å². The van der Waals surface area contributed by atoms with Gasteiger partial charge in [0.1, 0.15) is 17.9 Å². The van der Waals surface area contributed by atoms with Crippen molar-refractivity contribution in [2.24, 2.45) is 5.73 Å². The van der Waals surface area contributed by atoms with Gasteiger partial charge in [0.15, 0.2) is 0 Å². The summed E-state index contributed by atoms with van der Waals surface area (Å²) < 4.78 is 11.6. The maximum absolute atomic E-state index is 12.7.